The molecular formula is C19H23BrNO7PS. The van der Waals surface area contributed by atoms with Crippen LogP contribution in [0, 0.1) is 15.5 Å². The first-order valence-electron chi connectivity index (χ1n) is 8.86. The minimum Gasteiger partial charge on any atom is -0.395 e. The minimum atomic E-state index is -4.10. The molecule has 8 nitrogen and oxygen atoms in total. The lowest BCUT2D eigenvalue weighted by molar-refractivity contribution is -0.384. The van der Waals surface area contributed by atoms with Crippen molar-refractivity contribution < 1.29 is 28.2 Å². The van der Waals surface area contributed by atoms with Crippen LogP contribution >= 0.6 is 35.1 Å². The molecule has 0 aliphatic heterocycles. The molecule has 0 saturated carbocycles. The molecule has 30 heavy (non-hydrogen) atoms. The molecule has 0 radical (unpaired) electrons. The average Bonchev–Trinajstić information content (AvgIpc) is 2.66. The van der Waals surface area contributed by atoms with Crippen LogP contribution in [0.5, 0.6) is 11.5 Å². The molecule has 0 aromatic heterocycles. The maximum absolute atomic E-state index is 13.2. The number of aliphatic hydroxyl groups is 1. The van der Waals surface area contributed by atoms with E-state index in [9.17, 15) is 19.8 Å². The minimum absolute atomic E-state index is 0.00246. The van der Waals surface area contributed by atoms with Gasteiger partial charge in [-0.05, 0) is 36.4 Å². The van der Waals surface area contributed by atoms with Crippen molar-refractivity contribution in [2.45, 2.75) is 20.8 Å². The predicted molar refractivity (Wildman–Crippen MR) is 123 cm³/mol. The Labute approximate surface area is 187 Å². The molecule has 2 aromatic rings. The highest BCUT2D eigenvalue weighted by molar-refractivity contribution is 9.10. The number of nitro benzene ring substituents is 1. The van der Waals surface area contributed by atoms with Crippen LogP contribution in [0.1, 0.15) is 20.8 Å². The second kappa shape index (κ2) is 10.5. The summed E-state index contributed by atoms with van der Waals surface area (Å²) in [5.74, 6) is 0.744. The van der Waals surface area contributed by atoms with Crippen molar-refractivity contribution in [3.05, 3.63) is 63.1 Å². The third kappa shape index (κ3) is 7.85. The topological polar surface area (TPSA) is 108 Å². The van der Waals surface area contributed by atoms with Crippen molar-refractivity contribution in [2.24, 2.45) is 5.41 Å². The number of rotatable bonds is 9. The van der Waals surface area contributed by atoms with Crippen LogP contribution in [-0.4, -0.2) is 27.4 Å². The smallest absolute Gasteiger partial charge is 0.395 e. The van der Waals surface area contributed by atoms with E-state index in [0.717, 1.165) is 4.47 Å². The van der Waals surface area contributed by atoms with E-state index in [4.69, 9.17) is 13.6 Å². The molecule has 1 N–H and O–H groups in total. The summed E-state index contributed by atoms with van der Waals surface area (Å²) in [5, 5.41) is 21.1. The third-order valence-electron chi connectivity index (χ3n) is 3.57. The van der Waals surface area contributed by atoms with E-state index < -0.39 is 12.7 Å². The van der Waals surface area contributed by atoms with Crippen LogP contribution in [0.2, 0.25) is 0 Å². The van der Waals surface area contributed by atoms with E-state index in [1.807, 2.05) is 20.8 Å². The monoisotopic (exact) mass is 519 g/mol. The van der Waals surface area contributed by atoms with Gasteiger partial charge >= 0.3 is 7.82 Å². The zero-order valence-corrected chi connectivity index (χ0v) is 20.0. The number of aliphatic hydroxyl groups excluding tert-OH is 1. The zero-order valence-electron chi connectivity index (χ0n) is 16.6. The van der Waals surface area contributed by atoms with Crippen LogP contribution in [-0.2, 0) is 9.09 Å². The lowest BCUT2D eigenvalue weighted by Crippen LogP contribution is -2.18. The summed E-state index contributed by atoms with van der Waals surface area (Å²) < 4.78 is 30.4. The summed E-state index contributed by atoms with van der Waals surface area (Å²) in [5.41, 5.74) is -0.493. The fourth-order valence-electron chi connectivity index (χ4n) is 2.00. The van der Waals surface area contributed by atoms with E-state index in [2.05, 4.69) is 15.9 Å². The Morgan fingerprint density at radius 3 is 2.07 bits per heavy atom. The van der Waals surface area contributed by atoms with Gasteiger partial charge in [-0.15, -0.1) is 0 Å². The maximum atomic E-state index is 13.2. The van der Waals surface area contributed by atoms with Gasteiger partial charge in [0.05, 0.1) is 16.6 Å². The standard InChI is InChI=1S/C19H23BrNO7PS/c1-19(2,3)18(22)30-13-12-26-29(25,27-16-8-4-14(20)5-9-16)28-17-10-6-15(7-11-17)21(23)24/h4-11,22,30H,12-13H2,1-3H3. The van der Waals surface area contributed by atoms with Crippen molar-refractivity contribution in [1.82, 2.24) is 0 Å². The number of non-ortho nitro benzene ring substituents is 1. The SMILES string of the molecule is CC(C)(C)C(O)=[SH]CCOP(=O)(Oc1ccc(Br)cc1)Oc1ccc([N+](=O)[O-])cc1. The van der Waals surface area contributed by atoms with E-state index in [-0.39, 0.29) is 34.3 Å². The van der Waals surface area contributed by atoms with Crippen LogP contribution < -0.4 is 9.05 Å². The van der Waals surface area contributed by atoms with Crippen molar-refractivity contribution in [3.8, 4) is 11.5 Å². The van der Waals surface area contributed by atoms with Gasteiger partial charge in [0, 0.05) is 27.8 Å². The Morgan fingerprint density at radius 1 is 1.10 bits per heavy atom. The maximum Gasteiger partial charge on any atom is 0.587 e. The number of nitrogens with zero attached hydrogens (tertiary/aromatic N) is 1. The molecule has 1 unspecified atom stereocenters. The number of phosphoric acid groups is 1. The van der Waals surface area contributed by atoms with Crippen molar-refractivity contribution in [3.63, 3.8) is 0 Å². The Morgan fingerprint density at radius 2 is 1.60 bits per heavy atom. The van der Waals surface area contributed by atoms with Crippen LogP contribution in [0.15, 0.2) is 53.0 Å². The van der Waals surface area contributed by atoms with E-state index in [1.165, 1.54) is 24.3 Å². The van der Waals surface area contributed by atoms with Crippen molar-refractivity contribution in [2.75, 3.05) is 12.4 Å². The van der Waals surface area contributed by atoms with Gasteiger partial charge in [-0.25, -0.2) is 4.57 Å². The molecule has 0 amide bonds. The Hall–Kier alpha value is -1.71. The number of hydrogen-bond donors (Lipinski definition) is 2. The summed E-state index contributed by atoms with van der Waals surface area (Å²) in [4.78, 5) is 10.3. The quantitative estimate of drug-likeness (QED) is 0.102. The normalized spacial score (nSPS) is 14.4. The summed E-state index contributed by atoms with van der Waals surface area (Å²) in [6.45, 7) is 5.66. The molecule has 2 rings (SSSR count). The highest BCUT2D eigenvalue weighted by Gasteiger charge is 2.31. The number of hydrogen-bond acceptors (Lipinski definition) is 6. The molecule has 0 saturated heterocycles. The summed E-state index contributed by atoms with van der Waals surface area (Å²) in [6, 6.07) is 11.7. The molecular weight excluding hydrogens is 497 g/mol. The van der Waals surface area contributed by atoms with Gasteiger partial charge in [0.2, 0.25) is 0 Å². The Balaban J connectivity index is 2.15. The van der Waals surface area contributed by atoms with E-state index in [0.29, 0.717) is 17.1 Å². The molecule has 164 valence electrons. The Kier molecular flexibility index (Phi) is 8.63. The summed E-state index contributed by atoms with van der Waals surface area (Å²) >= 11 is 3.95. The predicted octanol–water partition coefficient (Wildman–Crippen LogP) is 6.14. The average molecular weight is 520 g/mol. The van der Waals surface area contributed by atoms with Crippen LogP contribution in [0.3, 0.4) is 0 Å². The first-order chi connectivity index (χ1) is 14.0. The highest BCUT2D eigenvalue weighted by Crippen LogP contribution is 2.49. The van der Waals surface area contributed by atoms with Gasteiger partial charge in [-0.2, -0.15) is 11.4 Å². The molecule has 1 atom stereocenters. The highest BCUT2D eigenvalue weighted by atomic mass is 79.9. The number of nitro groups is 1. The molecule has 2 aromatic carbocycles. The first kappa shape index (κ1) is 24.6. The second-order valence-corrected chi connectivity index (χ2v) is 10.7. The van der Waals surface area contributed by atoms with Gasteiger partial charge in [0.15, 0.2) is 0 Å². The zero-order chi connectivity index (χ0) is 22.4. The lowest BCUT2D eigenvalue weighted by Gasteiger charge is -2.20. The van der Waals surface area contributed by atoms with E-state index in [1.54, 1.807) is 24.3 Å². The lowest BCUT2D eigenvalue weighted by atomic mass is 9.99. The fourth-order valence-corrected chi connectivity index (χ4v) is 4.49. The molecule has 0 fully saturated rings. The van der Waals surface area contributed by atoms with Gasteiger partial charge < -0.3 is 14.2 Å². The second-order valence-electron chi connectivity index (χ2n) is 7.12. The molecule has 0 aliphatic carbocycles. The summed E-state index contributed by atoms with van der Waals surface area (Å²) in [7, 11) is -4.10. The number of halogens is 1. The molecule has 11 heteroatoms. The fraction of sp³-hybridized carbons (Fsp3) is 0.316. The number of benzene rings is 2. The molecule has 0 aliphatic rings. The van der Waals surface area contributed by atoms with Gasteiger partial charge in [0.25, 0.3) is 5.69 Å². The number of thiol groups is 1. The molecule has 0 bridgehead atoms. The van der Waals surface area contributed by atoms with Crippen LogP contribution in [0.4, 0.5) is 5.69 Å². The van der Waals surface area contributed by atoms with Crippen molar-refractivity contribution >= 4 is 45.8 Å². The summed E-state index contributed by atoms with van der Waals surface area (Å²) in [6.07, 6.45) is 0. The Bertz CT molecular complexity index is 943. The van der Waals surface area contributed by atoms with Crippen molar-refractivity contribution in [1.29, 1.82) is 0 Å². The van der Waals surface area contributed by atoms with Gasteiger partial charge in [-0.3, -0.25) is 14.6 Å². The number of phosphoric ester groups is 1. The van der Waals surface area contributed by atoms with Crippen LogP contribution in [0.25, 0.3) is 0 Å². The third-order valence-corrected chi connectivity index (χ3v) is 6.84. The molecule has 0 heterocycles. The molecule has 0 spiro atoms. The largest absolute Gasteiger partial charge is 0.587 e. The van der Waals surface area contributed by atoms with Gasteiger partial charge in [-0.1, -0.05) is 36.7 Å². The van der Waals surface area contributed by atoms with Gasteiger partial charge in [0.1, 0.15) is 11.5 Å². The van der Waals surface area contributed by atoms with E-state index >= 15 is 0 Å². The first-order valence-corrected chi connectivity index (χ1v) is 12.2.